The number of nitrogens with zero attached hydrogens (tertiary/aromatic N) is 3. The van der Waals surface area contributed by atoms with E-state index in [1.54, 1.807) is 36.4 Å². The van der Waals surface area contributed by atoms with Gasteiger partial charge in [-0.05, 0) is 36.1 Å². The number of rotatable bonds is 4. The van der Waals surface area contributed by atoms with E-state index < -0.39 is 10.0 Å². The van der Waals surface area contributed by atoms with Crippen molar-refractivity contribution in [1.82, 2.24) is 9.97 Å². The van der Waals surface area contributed by atoms with E-state index in [4.69, 9.17) is 23.2 Å². The molecule has 0 unspecified atom stereocenters. The number of hydrogen-bond acceptors (Lipinski definition) is 4. The lowest BCUT2D eigenvalue weighted by Gasteiger charge is -2.16. The van der Waals surface area contributed by atoms with Gasteiger partial charge in [-0.15, -0.1) is 0 Å². The monoisotopic (exact) mass is 378 g/mol. The van der Waals surface area contributed by atoms with Gasteiger partial charge in [0.15, 0.2) is 0 Å². The number of aromatic nitrogens is 2. The Balaban J connectivity index is 1.92. The van der Waals surface area contributed by atoms with Crippen LogP contribution >= 0.6 is 23.2 Å². The molecule has 3 aromatic rings. The SMILES string of the molecule is O=S(=O)([N-]c1cc(-c2ccc(Cl)c(Cl)c2)ncn1)c1ccccc1. The molecule has 1 heterocycles. The van der Waals surface area contributed by atoms with E-state index in [2.05, 4.69) is 14.7 Å². The van der Waals surface area contributed by atoms with Crippen molar-refractivity contribution in [2.24, 2.45) is 0 Å². The summed E-state index contributed by atoms with van der Waals surface area (Å²) in [5.41, 5.74) is 1.17. The maximum atomic E-state index is 12.3. The Labute approximate surface area is 149 Å². The van der Waals surface area contributed by atoms with Gasteiger partial charge >= 0.3 is 0 Å². The Kier molecular flexibility index (Phi) is 4.71. The van der Waals surface area contributed by atoms with Crippen molar-refractivity contribution < 1.29 is 8.42 Å². The van der Waals surface area contributed by atoms with E-state index >= 15 is 0 Å². The summed E-state index contributed by atoms with van der Waals surface area (Å²) in [5, 5.41) is 0.800. The standard InChI is InChI=1S/C16H10Cl2N3O2S/c17-13-7-6-11(8-14(13)18)15-9-16(20-10-19-15)21-24(22,23)12-4-2-1-3-5-12/h1-10H/q-1. The van der Waals surface area contributed by atoms with Crippen LogP contribution in [0.1, 0.15) is 0 Å². The number of halogens is 2. The molecule has 0 aliphatic heterocycles. The highest BCUT2D eigenvalue weighted by Gasteiger charge is 2.09. The summed E-state index contributed by atoms with van der Waals surface area (Å²) in [6.45, 7) is 0. The van der Waals surface area contributed by atoms with Crippen molar-refractivity contribution in [3.8, 4) is 11.3 Å². The van der Waals surface area contributed by atoms with Crippen LogP contribution in [0.25, 0.3) is 16.0 Å². The minimum atomic E-state index is -3.84. The van der Waals surface area contributed by atoms with Crippen molar-refractivity contribution in [3.63, 3.8) is 0 Å². The summed E-state index contributed by atoms with van der Waals surface area (Å²) >= 11 is 11.9. The molecule has 0 fully saturated rings. The van der Waals surface area contributed by atoms with Crippen molar-refractivity contribution in [2.45, 2.75) is 4.90 Å². The third kappa shape index (κ3) is 3.67. The average Bonchev–Trinajstić information content (AvgIpc) is 2.58. The Hall–Kier alpha value is -2.15. The fraction of sp³-hybridized carbons (Fsp3) is 0. The van der Waals surface area contributed by atoms with Crippen LogP contribution in [0.3, 0.4) is 0 Å². The lowest BCUT2D eigenvalue weighted by Crippen LogP contribution is -1.98. The van der Waals surface area contributed by atoms with Gasteiger partial charge in [-0.25, -0.2) is 8.42 Å². The highest BCUT2D eigenvalue weighted by atomic mass is 35.5. The third-order valence-electron chi connectivity index (χ3n) is 3.12. The maximum Gasteiger partial charge on any atom is 0.202 e. The normalized spacial score (nSPS) is 11.2. The third-order valence-corrected chi connectivity index (χ3v) is 5.16. The summed E-state index contributed by atoms with van der Waals surface area (Å²) < 4.78 is 28.3. The van der Waals surface area contributed by atoms with Crippen LogP contribution in [0.5, 0.6) is 0 Å². The van der Waals surface area contributed by atoms with Gasteiger partial charge in [-0.1, -0.05) is 47.5 Å². The Morgan fingerprint density at radius 2 is 1.62 bits per heavy atom. The summed E-state index contributed by atoms with van der Waals surface area (Å²) in [4.78, 5) is 8.11. The second-order valence-electron chi connectivity index (χ2n) is 4.77. The molecule has 0 aliphatic carbocycles. The van der Waals surface area contributed by atoms with E-state index in [1.807, 2.05) is 0 Å². The minimum Gasteiger partial charge on any atom is -0.426 e. The first-order valence-corrected chi connectivity index (χ1v) is 8.96. The predicted molar refractivity (Wildman–Crippen MR) is 94.1 cm³/mol. The first kappa shape index (κ1) is 16.7. The zero-order valence-electron chi connectivity index (χ0n) is 12.1. The van der Waals surface area contributed by atoms with Gasteiger partial charge in [0, 0.05) is 11.9 Å². The average molecular weight is 379 g/mol. The molecule has 0 bridgehead atoms. The molecule has 0 N–H and O–H groups in total. The highest BCUT2D eigenvalue weighted by Crippen LogP contribution is 2.31. The topological polar surface area (TPSA) is 74.0 Å². The van der Waals surface area contributed by atoms with Crippen molar-refractivity contribution >= 4 is 39.0 Å². The molecular weight excluding hydrogens is 369 g/mol. The first-order valence-electron chi connectivity index (χ1n) is 6.76. The fourth-order valence-corrected chi connectivity index (χ4v) is 3.23. The molecule has 0 saturated carbocycles. The van der Waals surface area contributed by atoms with E-state index in [1.165, 1.54) is 24.5 Å². The lowest BCUT2D eigenvalue weighted by molar-refractivity contribution is 0.603. The quantitative estimate of drug-likeness (QED) is 0.650. The predicted octanol–water partition coefficient (Wildman–Crippen LogP) is 4.84. The first-order chi connectivity index (χ1) is 11.5. The molecule has 0 atom stereocenters. The summed E-state index contributed by atoms with van der Waals surface area (Å²) in [6, 6.07) is 14.4. The van der Waals surface area contributed by atoms with Gasteiger partial charge < -0.3 is 9.71 Å². The number of hydrogen-bond donors (Lipinski definition) is 0. The van der Waals surface area contributed by atoms with Crippen molar-refractivity contribution in [2.75, 3.05) is 0 Å². The van der Waals surface area contributed by atoms with Gasteiger partial charge in [-0.2, -0.15) is 0 Å². The number of benzene rings is 2. The minimum absolute atomic E-state index is 0.0370. The molecule has 0 amide bonds. The Bertz CT molecular complexity index is 980. The van der Waals surface area contributed by atoms with E-state index in [9.17, 15) is 8.42 Å². The summed E-state index contributed by atoms with van der Waals surface area (Å²) in [6.07, 6.45) is 1.25. The lowest BCUT2D eigenvalue weighted by atomic mass is 10.1. The van der Waals surface area contributed by atoms with Gasteiger partial charge in [0.25, 0.3) is 0 Å². The molecule has 0 radical (unpaired) electrons. The van der Waals surface area contributed by atoms with Gasteiger partial charge in [0.2, 0.25) is 10.0 Å². The summed E-state index contributed by atoms with van der Waals surface area (Å²) in [5.74, 6) is 0.0370. The van der Waals surface area contributed by atoms with Crippen LogP contribution in [0.15, 0.2) is 65.8 Å². The maximum absolute atomic E-state index is 12.3. The molecular formula is C16H10Cl2N3O2S-. The van der Waals surface area contributed by atoms with E-state index in [0.29, 0.717) is 21.3 Å². The molecule has 122 valence electrons. The largest absolute Gasteiger partial charge is 0.426 e. The second kappa shape index (κ2) is 6.76. The molecule has 5 nitrogen and oxygen atoms in total. The molecule has 2 aromatic carbocycles. The van der Waals surface area contributed by atoms with Crippen LogP contribution < -0.4 is 0 Å². The van der Waals surface area contributed by atoms with Crippen LogP contribution in [-0.4, -0.2) is 18.4 Å². The molecule has 24 heavy (non-hydrogen) atoms. The highest BCUT2D eigenvalue weighted by molar-refractivity contribution is 7.94. The van der Waals surface area contributed by atoms with Gasteiger partial charge in [0.05, 0.1) is 20.6 Å². The van der Waals surface area contributed by atoms with Crippen LogP contribution in [-0.2, 0) is 10.0 Å². The van der Waals surface area contributed by atoms with Crippen molar-refractivity contribution in [1.29, 1.82) is 0 Å². The molecule has 0 spiro atoms. The molecule has 0 saturated heterocycles. The Morgan fingerprint density at radius 1 is 0.875 bits per heavy atom. The van der Waals surface area contributed by atoms with Crippen molar-refractivity contribution in [3.05, 3.63) is 75.7 Å². The Morgan fingerprint density at radius 3 is 2.33 bits per heavy atom. The van der Waals surface area contributed by atoms with Gasteiger partial charge in [0.1, 0.15) is 0 Å². The zero-order chi connectivity index (χ0) is 17.2. The molecule has 3 rings (SSSR count). The van der Waals surface area contributed by atoms with Crippen LogP contribution in [0.4, 0.5) is 5.82 Å². The fourth-order valence-electron chi connectivity index (χ4n) is 1.98. The molecule has 0 aliphatic rings. The van der Waals surface area contributed by atoms with E-state index in [-0.39, 0.29) is 10.7 Å². The molecule has 8 heteroatoms. The number of sulfonamides is 1. The zero-order valence-corrected chi connectivity index (χ0v) is 14.4. The van der Waals surface area contributed by atoms with Gasteiger partial charge in [-0.3, -0.25) is 4.98 Å². The smallest absolute Gasteiger partial charge is 0.202 e. The van der Waals surface area contributed by atoms with Crippen LogP contribution in [0, 0.1) is 0 Å². The van der Waals surface area contributed by atoms with Crippen LogP contribution in [0.2, 0.25) is 10.0 Å². The second-order valence-corrected chi connectivity index (χ2v) is 7.19. The van der Waals surface area contributed by atoms with E-state index in [0.717, 1.165) is 0 Å². The molecule has 1 aromatic heterocycles. The summed E-state index contributed by atoms with van der Waals surface area (Å²) in [7, 11) is -3.84.